The molecule has 0 aromatic heterocycles. The maximum atomic E-state index is 11.1. The molecule has 0 aliphatic heterocycles. The van der Waals surface area contributed by atoms with Crippen LogP contribution in [0.15, 0.2) is 24.3 Å². The van der Waals surface area contributed by atoms with Gasteiger partial charge in [-0.25, -0.2) is 0 Å². The van der Waals surface area contributed by atoms with Gasteiger partial charge in [-0.2, -0.15) is 0 Å². The molecular formula is C10H12N2O2. The number of carbonyl (C=O) groups excluding carboxylic acids is 2. The first-order valence-electron chi connectivity index (χ1n) is 4.23. The van der Waals surface area contributed by atoms with Gasteiger partial charge in [-0.3, -0.25) is 9.59 Å². The van der Waals surface area contributed by atoms with Crippen LogP contribution in [0, 0.1) is 0 Å². The number of hydrogen-bond donors (Lipinski definition) is 2. The summed E-state index contributed by atoms with van der Waals surface area (Å²) in [7, 11) is 1.55. The van der Waals surface area contributed by atoms with Gasteiger partial charge in [0.2, 0.25) is 11.8 Å². The molecule has 0 atom stereocenters. The zero-order valence-electron chi connectivity index (χ0n) is 7.91. The van der Waals surface area contributed by atoms with Crippen LogP contribution >= 0.6 is 0 Å². The van der Waals surface area contributed by atoms with Gasteiger partial charge < -0.3 is 11.1 Å². The van der Waals surface area contributed by atoms with Crippen molar-refractivity contribution in [1.82, 2.24) is 5.32 Å². The Bertz CT molecular complexity index is 361. The van der Waals surface area contributed by atoms with E-state index in [1.807, 2.05) is 0 Å². The zero-order chi connectivity index (χ0) is 10.6. The fourth-order valence-electron chi connectivity index (χ4n) is 1.18. The lowest BCUT2D eigenvalue weighted by Crippen LogP contribution is -2.22. The summed E-state index contributed by atoms with van der Waals surface area (Å²) in [6.07, 6.45) is 0.176. The molecule has 0 bridgehead atoms. The molecule has 4 heteroatoms. The number of benzene rings is 1. The number of rotatable bonds is 3. The summed E-state index contributed by atoms with van der Waals surface area (Å²) in [4.78, 5) is 22.1. The molecule has 2 amide bonds. The van der Waals surface area contributed by atoms with Crippen LogP contribution in [0.3, 0.4) is 0 Å². The smallest absolute Gasteiger partial charge is 0.248 e. The van der Waals surface area contributed by atoms with Crippen LogP contribution in [0.5, 0.6) is 0 Å². The van der Waals surface area contributed by atoms with Crippen molar-refractivity contribution in [2.24, 2.45) is 5.73 Å². The number of likely N-dealkylation sites (N-methyl/N-ethyl adjacent to an activating group) is 1. The van der Waals surface area contributed by atoms with Crippen molar-refractivity contribution in [3.8, 4) is 0 Å². The Balaban J connectivity index is 2.95. The minimum Gasteiger partial charge on any atom is -0.366 e. The molecule has 0 saturated carbocycles. The molecule has 0 fully saturated rings. The van der Waals surface area contributed by atoms with E-state index >= 15 is 0 Å². The van der Waals surface area contributed by atoms with Crippen LogP contribution in [0.1, 0.15) is 15.9 Å². The van der Waals surface area contributed by atoms with Crippen LogP contribution in [0.2, 0.25) is 0 Å². The number of amides is 2. The van der Waals surface area contributed by atoms with E-state index in [0.717, 1.165) is 0 Å². The SMILES string of the molecule is CNC(=O)Cc1ccccc1C(N)=O. The summed E-state index contributed by atoms with van der Waals surface area (Å²) in [5.74, 6) is -0.650. The highest BCUT2D eigenvalue weighted by molar-refractivity contribution is 5.95. The largest absolute Gasteiger partial charge is 0.366 e. The third-order valence-electron chi connectivity index (χ3n) is 1.91. The average molecular weight is 192 g/mol. The van der Waals surface area contributed by atoms with E-state index in [0.29, 0.717) is 11.1 Å². The summed E-state index contributed by atoms with van der Waals surface area (Å²) in [5.41, 5.74) is 6.21. The molecule has 3 N–H and O–H groups in total. The fraction of sp³-hybridized carbons (Fsp3) is 0.200. The molecule has 0 unspecified atom stereocenters. The Kier molecular flexibility index (Phi) is 3.23. The molecule has 14 heavy (non-hydrogen) atoms. The van der Waals surface area contributed by atoms with Gasteiger partial charge in [0.15, 0.2) is 0 Å². The van der Waals surface area contributed by atoms with Gasteiger partial charge in [-0.05, 0) is 11.6 Å². The number of primary amides is 1. The van der Waals surface area contributed by atoms with Crippen molar-refractivity contribution in [2.75, 3.05) is 7.05 Å². The summed E-state index contributed by atoms with van der Waals surface area (Å²) >= 11 is 0. The summed E-state index contributed by atoms with van der Waals surface area (Å²) in [6.45, 7) is 0. The topological polar surface area (TPSA) is 72.2 Å². The average Bonchev–Trinajstić information content (AvgIpc) is 2.18. The van der Waals surface area contributed by atoms with E-state index in [1.54, 1.807) is 31.3 Å². The van der Waals surface area contributed by atoms with Crippen molar-refractivity contribution >= 4 is 11.8 Å². The number of nitrogens with one attached hydrogen (secondary N) is 1. The van der Waals surface area contributed by atoms with Gasteiger partial charge in [0.1, 0.15) is 0 Å². The predicted molar refractivity (Wildman–Crippen MR) is 52.7 cm³/mol. The maximum Gasteiger partial charge on any atom is 0.248 e. The molecule has 1 aromatic carbocycles. The lowest BCUT2D eigenvalue weighted by atomic mass is 10.0. The van der Waals surface area contributed by atoms with E-state index in [-0.39, 0.29) is 12.3 Å². The maximum absolute atomic E-state index is 11.1. The highest BCUT2D eigenvalue weighted by atomic mass is 16.2. The Labute approximate surface area is 82.1 Å². The van der Waals surface area contributed by atoms with Gasteiger partial charge in [-0.15, -0.1) is 0 Å². The molecule has 1 aromatic rings. The Morgan fingerprint density at radius 3 is 2.57 bits per heavy atom. The van der Waals surface area contributed by atoms with Crippen LogP contribution in [0.4, 0.5) is 0 Å². The van der Waals surface area contributed by atoms with E-state index < -0.39 is 5.91 Å². The van der Waals surface area contributed by atoms with E-state index in [1.165, 1.54) is 0 Å². The van der Waals surface area contributed by atoms with Crippen molar-refractivity contribution in [3.05, 3.63) is 35.4 Å². The summed E-state index contributed by atoms with van der Waals surface area (Å²) in [5, 5.41) is 2.49. The van der Waals surface area contributed by atoms with E-state index in [9.17, 15) is 9.59 Å². The first kappa shape index (κ1) is 10.2. The van der Waals surface area contributed by atoms with Crippen LogP contribution < -0.4 is 11.1 Å². The van der Waals surface area contributed by atoms with Crippen molar-refractivity contribution < 1.29 is 9.59 Å². The Morgan fingerprint density at radius 1 is 1.36 bits per heavy atom. The normalized spacial score (nSPS) is 9.50. The number of nitrogens with two attached hydrogens (primary N) is 1. The molecule has 0 aliphatic carbocycles. The molecule has 0 saturated heterocycles. The number of carbonyl (C=O) groups is 2. The Hall–Kier alpha value is -1.84. The van der Waals surface area contributed by atoms with Crippen LogP contribution in [0.25, 0.3) is 0 Å². The van der Waals surface area contributed by atoms with Gasteiger partial charge in [0, 0.05) is 12.6 Å². The fourth-order valence-corrected chi connectivity index (χ4v) is 1.18. The van der Waals surface area contributed by atoms with Crippen LogP contribution in [-0.4, -0.2) is 18.9 Å². The Morgan fingerprint density at radius 2 is 2.00 bits per heavy atom. The van der Waals surface area contributed by atoms with E-state index in [4.69, 9.17) is 5.73 Å². The van der Waals surface area contributed by atoms with Crippen molar-refractivity contribution in [2.45, 2.75) is 6.42 Å². The molecule has 0 heterocycles. The molecule has 74 valence electrons. The minimum absolute atomic E-state index is 0.140. The van der Waals surface area contributed by atoms with Crippen molar-refractivity contribution in [1.29, 1.82) is 0 Å². The third-order valence-corrected chi connectivity index (χ3v) is 1.91. The predicted octanol–water partition coefficient (Wildman–Crippen LogP) is 0.0740. The third kappa shape index (κ3) is 2.32. The van der Waals surface area contributed by atoms with Gasteiger partial charge in [-0.1, -0.05) is 18.2 Å². The lowest BCUT2D eigenvalue weighted by molar-refractivity contribution is -0.119. The van der Waals surface area contributed by atoms with Crippen molar-refractivity contribution in [3.63, 3.8) is 0 Å². The summed E-state index contributed by atoms with van der Waals surface area (Å²) in [6, 6.07) is 6.81. The van der Waals surface area contributed by atoms with Gasteiger partial charge in [0.05, 0.1) is 6.42 Å². The minimum atomic E-state index is -0.510. The first-order valence-corrected chi connectivity index (χ1v) is 4.23. The zero-order valence-corrected chi connectivity index (χ0v) is 7.91. The first-order chi connectivity index (χ1) is 6.65. The molecule has 0 aliphatic rings. The second-order valence-electron chi connectivity index (χ2n) is 2.87. The second-order valence-corrected chi connectivity index (χ2v) is 2.87. The van der Waals surface area contributed by atoms with Gasteiger partial charge >= 0.3 is 0 Å². The highest BCUT2D eigenvalue weighted by Gasteiger charge is 2.09. The molecule has 1 rings (SSSR count). The molecule has 0 radical (unpaired) electrons. The standard InChI is InChI=1S/C10H12N2O2/c1-12-9(13)6-7-4-2-3-5-8(7)10(11)14/h2-5H,6H2,1H3,(H2,11,14)(H,12,13). The van der Waals surface area contributed by atoms with Gasteiger partial charge in [0.25, 0.3) is 0 Å². The second kappa shape index (κ2) is 4.41. The summed E-state index contributed by atoms with van der Waals surface area (Å²) < 4.78 is 0. The molecule has 4 nitrogen and oxygen atoms in total. The van der Waals surface area contributed by atoms with E-state index in [2.05, 4.69) is 5.32 Å². The lowest BCUT2D eigenvalue weighted by Gasteiger charge is -2.04. The van der Waals surface area contributed by atoms with Crippen LogP contribution in [-0.2, 0) is 11.2 Å². The highest BCUT2D eigenvalue weighted by Crippen LogP contribution is 2.08. The molecular weight excluding hydrogens is 180 g/mol. The monoisotopic (exact) mass is 192 g/mol. The molecule has 0 spiro atoms. The quantitative estimate of drug-likeness (QED) is 0.711. The number of hydrogen-bond acceptors (Lipinski definition) is 2.